The molecule has 2 fully saturated rings. The van der Waals surface area contributed by atoms with Gasteiger partial charge in [-0.2, -0.15) is 0 Å². The van der Waals surface area contributed by atoms with E-state index in [0.29, 0.717) is 18.9 Å². The summed E-state index contributed by atoms with van der Waals surface area (Å²) in [7, 11) is 0. The average molecular weight is 431 g/mol. The van der Waals surface area contributed by atoms with Gasteiger partial charge in [0.1, 0.15) is 12.1 Å². The van der Waals surface area contributed by atoms with E-state index in [0.717, 1.165) is 36.0 Å². The van der Waals surface area contributed by atoms with Crippen LogP contribution in [0.4, 0.5) is 0 Å². The van der Waals surface area contributed by atoms with Gasteiger partial charge in [-0.3, -0.25) is 20.3 Å². The molecule has 2 atom stereocenters. The van der Waals surface area contributed by atoms with Crippen molar-refractivity contribution in [1.82, 2.24) is 15.1 Å². The van der Waals surface area contributed by atoms with Crippen LogP contribution in [0.2, 0.25) is 0 Å². The molecule has 2 N–H and O–H groups in total. The second-order valence-corrected chi connectivity index (χ2v) is 9.35. The van der Waals surface area contributed by atoms with Gasteiger partial charge in [-0.1, -0.05) is 61.0 Å². The fourth-order valence-corrected chi connectivity index (χ4v) is 5.56. The summed E-state index contributed by atoms with van der Waals surface area (Å²) >= 11 is 0. The second kappa shape index (κ2) is 8.08. The monoisotopic (exact) mass is 430 g/mol. The van der Waals surface area contributed by atoms with E-state index >= 15 is 0 Å². The van der Waals surface area contributed by atoms with Gasteiger partial charge in [0.2, 0.25) is 5.91 Å². The van der Waals surface area contributed by atoms with Crippen LogP contribution in [0.25, 0.3) is 0 Å². The first-order valence-corrected chi connectivity index (χ1v) is 11.6. The summed E-state index contributed by atoms with van der Waals surface area (Å²) in [6, 6.07) is 18.1. The van der Waals surface area contributed by atoms with Gasteiger partial charge in [-0.25, -0.2) is 0 Å². The van der Waals surface area contributed by atoms with Crippen LogP contribution in [0.3, 0.4) is 0 Å². The van der Waals surface area contributed by atoms with Crippen LogP contribution >= 0.6 is 0 Å². The molecule has 2 aromatic rings. The van der Waals surface area contributed by atoms with Crippen LogP contribution in [0.5, 0.6) is 0 Å². The lowest BCUT2D eigenvalue weighted by molar-refractivity contribution is -0.138. The smallest absolute Gasteiger partial charge is 0.257 e. The molecule has 2 aliphatic carbocycles. The molecule has 1 spiro atoms. The molecule has 32 heavy (non-hydrogen) atoms. The van der Waals surface area contributed by atoms with E-state index in [2.05, 4.69) is 12.2 Å². The lowest BCUT2D eigenvalue weighted by Gasteiger charge is -2.41. The molecule has 1 saturated heterocycles. The Labute approximate surface area is 189 Å². The summed E-state index contributed by atoms with van der Waals surface area (Å²) in [6.45, 7) is 2.71. The molecule has 0 bridgehead atoms. The number of aryl methyl sites for hydroxylation is 1. The summed E-state index contributed by atoms with van der Waals surface area (Å²) < 4.78 is 0. The lowest BCUT2D eigenvalue weighted by atomic mass is 9.79. The fourth-order valence-electron chi connectivity index (χ4n) is 5.56. The van der Waals surface area contributed by atoms with E-state index in [1.54, 1.807) is 4.90 Å². The van der Waals surface area contributed by atoms with Gasteiger partial charge in [0.05, 0.1) is 0 Å². The van der Waals surface area contributed by atoms with Crippen LogP contribution in [-0.2, 0) is 28.1 Å². The highest BCUT2D eigenvalue weighted by atomic mass is 16.2. The highest BCUT2D eigenvalue weighted by molar-refractivity contribution is 6.10. The van der Waals surface area contributed by atoms with Crippen molar-refractivity contribution in [2.45, 2.75) is 57.2 Å². The van der Waals surface area contributed by atoms with E-state index in [1.807, 2.05) is 59.5 Å². The number of hydrogen-bond acceptors (Lipinski definition) is 3. The molecule has 166 valence electrons. The first kappa shape index (κ1) is 20.7. The Bertz CT molecular complexity index is 1050. The van der Waals surface area contributed by atoms with Crippen molar-refractivity contribution in [2.75, 3.05) is 6.54 Å². The lowest BCUT2D eigenvalue weighted by Crippen LogP contribution is -2.53. The maximum Gasteiger partial charge on any atom is 0.257 e. The predicted molar refractivity (Wildman–Crippen MR) is 123 cm³/mol. The summed E-state index contributed by atoms with van der Waals surface area (Å²) in [5, 5.41) is 11.2. The van der Waals surface area contributed by atoms with E-state index in [4.69, 9.17) is 5.41 Å². The molecule has 3 aliphatic rings. The molecule has 0 aromatic heterocycles. The number of carbonyl (C=O) groups excluding carboxylic acids is 2. The minimum Gasteiger partial charge on any atom is -0.334 e. The van der Waals surface area contributed by atoms with Crippen molar-refractivity contribution in [3.63, 3.8) is 0 Å². The standard InChI is InChI=1S/C26H30N4O2/c1-18(20-11-7-12-20)29(16-19-8-3-2-4-9-19)23(31)17-30-25(27)28-24(32)26(30)15-14-21-10-5-6-13-22(21)26/h2-6,8-10,13,18,20H,7,11-12,14-17H2,1H3,(H2,27,28,32). The van der Waals surface area contributed by atoms with E-state index in [1.165, 1.54) is 6.42 Å². The molecule has 0 radical (unpaired) electrons. The molecule has 2 aromatic carbocycles. The molecule has 2 unspecified atom stereocenters. The third-order valence-corrected chi connectivity index (χ3v) is 7.69. The number of rotatable bonds is 6. The number of nitrogens with one attached hydrogen (secondary N) is 2. The summed E-state index contributed by atoms with van der Waals surface area (Å²) in [5.41, 5.74) is 2.19. The van der Waals surface area contributed by atoms with Crippen molar-refractivity contribution < 1.29 is 9.59 Å². The minimum absolute atomic E-state index is 0.0236. The van der Waals surface area contributed by atoms with Gasteiger partial charge in [-0.05, 0) is 55.2 Å². The van der Waals surface area contributed by atoms with Gasteiger partial charge < -0.3 is 9.80 Å². The van der Waals surface area contributed by atoms with Crippen LogP contribution in [0, 0.1) is 11.3 Å². The minimum atomic E-state index is -0.957. The van der Waals surface area contributed by atoms with Crippen molar-refractivity contribution in [3.05, 3.63) is 71.3 Å². The van der Waals surface area contributed by atoms with Crippen molar-refractivity contribution in [2.24, 2.45) is 5.92 Å². The summed E-state index contributed by atoms with van der Waals surface area (Å²) in [6.07, 6.45) is 4.88. The Kier molecular flexibility index (Phi) is 5.24. The molecule has 1 heterocycles. The van der Waals surface area contributed by atoms with E-state index < -0.39 is 5.54 Å². The van der Waals surface area contributed by atoms with Gasteiger partial charge in [-0.15, -0.1) is 0 Å². The number of nitrogens with zero attached hydrogens (tertiary/aromatic N) is 2. The molecule has 1 saturated carbocycles. The summed E-state index contributed by atoms with van der Waals surface area (Å²) in [5.74, 6) is 0.317. The molecule has 1 aliphatic heterocycles. The van der Waals surface area contributed by atoms with Crippen LogP contribution in [-0.4, -0.2) is 40.2 Å². The predicted octanol–water partition coefficient (Wildman–Crippen LogP) is 3.41. The topological polar surface area (TPSA) is 76.5 Å². The SMILES string of the molecule is CC(C1CCC1)N(Cc1ccccc1)C(=O)CN1C(=N)NC(=O)C12CCc1ccccc12. The maximum absolute atomic E-state index is 13.7. The van der Waals surface area contributed by atoms with Crippen LogP contribution in [0.15, 0.2) is 54.6 Å². The fraction of sp³-hybridized carbons (Fsp3) is 0.423. The first-order valence-electron chi connectivity index (χ1n) is 11.6. The Morgan fingerprint density at radius 2 is 1.91 bits per heavy atom. The normalized spacial score (nSPS) is 23.1. The zero-order valence-corrected chi connectivity index (χ0v) is 18.5. The number of benzene rings is 2. The van der Waals surface area contributed by atoms with Gasteiger partial charge >= 0.3 is 0 Å². The third kappa shape index (κ3) is 3.29. The molecular weight excluding hydrogens is 400 g/mol. The van der Waals surface area contributed by atoms with Gasteiger partial charge in [0.25, 0.3) is 5.91 Å². The highest BCUT2D eigenvalue weighted by Gasteiger charge is 2.56. The Hall–Kier alpha value is -3.15. The molecule has 2 amide bonds. The Morgan fingerprint density at radius 1 is 1.19 bits per heavy atom. The number of guanidine groups is 1. The van der Waals surface area contributed by atoms with Crippen molar-refractivity contribution >= 4 is 17.8 Å². The van der Waals surface area contributed by atoms with E-state index in [9.17, 15) is 9.59 Å². The number of hydrogen-bond donors (Lipinski definition) is 2. The molecular formula is C26H30N4O2. The third-order valence-electron chi connectivity index (χ3n) is 7.69. The van der Waals surface area contributed by atoms with Crippen molar-refractivity contribution in [1.29, 1.82) is 5.41 Å². The summed E-state index contributed by atoms with van der Waals surface area (Å²) in [4.78, 5) is 30.5. The number of carbonyl (C=O) groups is 2. The quantitative estimate of drug-likeness (QED) is 0.737. The highest BCUT2D eigenvalue weighted by Crippen LogP contribution is 2.44. The van der Waals surface area contributed by atoms with Gasteiger partial charge in [0, 0.05) is 12.6 Å². The maximum atomic E-state index is 13.7. The van der Waals surface area contributed by atoms with Crippen molar-refractivity contribution in [3.8, 4) is 0 Å². The zero-order valence-electron chi connectivity index (χ0n) is 18.5. The molecule has 5 rings (SSSR count). The second-order valence-electron chi connectivity index (χ2n) is 9.35. The zero-order chi connectivity index (χ0) is 22.3. The van der Waals surface area contributed by atoms with Crippen LogP contribution in [0.1, 0.15) is 49.3 Å². The Balaban J connectivity index is 1.44. The first-order chi connectivity index (χ1) is 15.5. The Morgan fingerprint density at radius 3 is 2.62 bits per heavy atom. The van der Waals surface area contributed by atoms with E-state index in [-0.39, 0.29) is 30.4 Å². The largest absolute Gasteiger partial charge is 0.334 e. The number of amides is 2. The number of fused-ring (bicyclic) bond motifs is 2. The average Bonchev–Trinajstić information content (AvgIpc) is 3.25. The molecule has 6 heteroatoms. The van der Waals surface area contributed by atoms with Crippen LogP contribution < -0.4 is 5.32 Å². The van der Waals surface area contributed by atoms with Gasteiger partial charge in [0.15, 0.2) is 5.96 Å². The molecule has 6 nitrogen and oxygen atoms in total.